The van der Waals surface area contributed by atoms with Crippen LogP contribution in [0.1, 0.15) is 37.7 Å². The summed E-state index contributed by atoms with van der Waals surface area (Å²) in [5.74, 6) is 0.0466. The maximum absolute atomic E-state index is 13.2. The normalized spacial score (nSPS) is 17.6. The second-order valence-corrected chi connectivity index (χ2v) is 5.84. The van der Waals surface area contributed by atoms with Gasteiger partial charge in [-0.1, -0.05) is 19.1 Å². The maximum Gasteiger partial charge on any atom is 0.223 e. The number of halogens is 1. The third-order valence-electron chi connectivity index (χ3n) is 3.95. The summed E-state index contributed by atoms with van der Waals surface area (Å²) in [6.45, 7) is 2.30. The van der Waals surface area contributed by atoms with Gasteiger partial charge in [0.15, 0.2) is 0 Å². The largest absolute Gasteiger partial charge is 0.391 e. The van der Waals surface area contributed by atoms with Gasteiger partial charge in [-0.2, -0.15) is 0 Å². The van der Waals surface area contributed by atoms with E-state index in [1.54, 1.807) is 18.0 Å². The van der Waals surface area contributed by atoms with Crippen LogP contribution < -0.4 is 0 Å². The highest BCUT2D eigenvalue weighted by Crippen LogP contribution is 2.32. The van der Waals surface area contributed by atoms with E-state index < -0.39 is 6.10 Å². The van der Waals surface area contributed by atoms with Crippen LogP contribution in [-0.2, 0) is 4.79 Å². The first-order valence-electron chi connectivity index (χ1n) is 7.15. The van der Waals surface area contributed by atoms with E-state index in [1.165, 1.54) is 12.1 Å². The van der Waals surface area contributed by atoms with Gasteiger partial charge >= 0.3 is 0 Å². The Labute approximate surface area is 119 Å². The summed E-state index contributed by atoms with van der Waals surface area (Å²) < 4.78 is 13.2. The average Bonchev–Trinajstić information content (AvgIpc) is 3.22. The zero-order valence-corrected chi connectivity index (χ0v) is 12.1. The molecule has 0 heterocycles. The number of aliphatic hydroxyl groups is 1. The van der Waals surface area contributed by atoms with Crippen LogP contribution in [0.15, 0.2) is 24.3 Å². The summed E-state index contributed by atoms with van der Waals surface area (Å²) >= 11 is 0. The van der Waals surface area contributed by atoms with Crippen molar-refractivity contribution in [3.8, 4) is 0 Å². The standard InChI is InChI=1S/C16H22FNO2/c1-11(13-4-3-5-14(17)9-13)8-16(20)18(2)10-15(19)12-6-7-12/h3-5,9,11-12,15,19H,6-8,10H2,1-2H3. The highest BCUT2D eigenvalue weighted by atomic mass is 19.1. The lowest BCUT2D eigenvalue weighted by molar-refractivity contribution is -0.131. The molecule has 2 atom stereocenters. The molecule has 4 heteroatoms. The number of amides is 1. The van der Waals surface area contributed by atoms with Crippen molar-refractivity contribution in [2.24, 2.45) is 5.92 Å². The van der Waals surface area contributed by atoms with Crippen molar-refractivity contribution in [3.05, 3.63) is 35.6 Å². The maximum atomic E-state index is 13.2. The van der Waals surface area contributed by atoms with Gasteiger partial charge < -0.3 is 10.0 Å². The highest BCUT2D eigenvalue weighted by Gasteiger charge is 2.31. The van der Waals surface area contributed by atoms with E-state index in [-0.39, 0.29) is 17.6 Å². The molecule has 20 heavy (non-hydrogen) atoms. The quantitative estimate of drug-likeness (QED) is 0.869. The molecule has 1 saturated carbocycles. The van der Waals surface area contributed by atoms with E-state index >= 15 is 0 Å². The molecule has 0 bridgehead atoms. The topological polar surface area (TPSA) is 40.5 Å². The van der Waals surface area contributed by atoms with Gasteiger partial charge in [-0.3, -0.25) is 4.79 Å². The first kappa shape index (κ1) is 15.0. The zero-order chi connectivity index (χ0) is 14.7. The fourth-order valence-corrected chi connectivity index (χ4v) is 2.36. The molecule has 1 amide bonds. The molecular formula is C16H22FNO2. The lowest BCUT2D eigenvalue weighted by atomic mass is 9.97. The van der Waals surface area contributed by atoms with Crippen molar-refractivity contribution in [1.29, 1.82) is 0 Å². The lowest BCUT2D eigenvalue weighted by Gasteiger charge is -2.22. The molecule has 2 rings (SSSR count). The molecule has 0 aromatic heterocycles. The first-order chi connectivity index (χ1) is 9.47. The molecule has 2 unspecified atom stereocenters. The molecule has 1 fully saturated rings. The summed E-state index contributed by atoms with van der Waals surface area (Å²) in [5.41, 5.74) is 0.828. The van der Waals surface area contributed by atoms with E-state index in [0.29, 0.717) is 18.9 Å². The van der Waals surface area contributed by atoms with Gasteiger partial charge in [0, 0.05) is 20.0 Å². The number of aliphatic hydroxyl groups excluding tert-OH is 1. The number of carbonyl (C=O) groups excluding carboxylic acids is 1. The first-order valence-corrected chi connectivity index (χ1v) is 7.15. The van der Waals surface area contributed by atoms with Crippen LogP contribution in [0, 0.1) is 11.7 Å². The number of nitrogens with zero attached hydrogens (tertiary/aromatic N) is 1. The molecule has 1 N–H and O–H groups in total. The number of hydrogen-bond acceptors (Lipinski definition) is 2. The molecular weight excluding hydrogens is 257 g/mol. The Morgan fingerprint density at radius 1 is 1.50 bits per heavy atom. The predicted octanol–water partition coefficient (Wildman–Crippen LogP) is 2.55. The Bertz CT molecular complexity index is 473. The number of carbonyl (C=O) groups is 1. The molecule has 1 aliphatic carbocycles. The van der Waals surface area contributed by atoms with E-state index in [0.717, 1.165) is 18.4 Å². The Morgan fingerprint density at radius 2 is 2.20 bits per heavy atom. The lowest BCUT2D eigenvalue weighted by Crippen LogP contribution is -2.35. The van der Waals surface area contributed by atoms with Crippen molar-refractivity contribution < 1.29 is 14.3 Å². The molecule has 0 spiro atoms. The Morgan fingerprint density at radius 3 is 2.80 bits per heavy atom. The minimum Gasteiger partial charge on any atom is -0.391 e. The smallest absolute Gasteiger partial charge is 0.223 e. The summed E-state index contributed by atoms with van der Waals surface area (Å²) in [6.07, 6.45) is 2.04. The zero-order valence-electron chi connectivity index (χ0n) is 12.1. The van der Waals surface area contributed by atoms with Crippen LogP contribution in [0.25, 0.3) is 0 Å². The molecule has 0 radical (unpaired) electrons. The number of rotatable bonds is 6. The molecule has 1 aromatic carbocycles. The average molecular weight is 279 g/mol. The van der Waals surface area contributed by atoms with Crippen LogP contribution in [0.4, 0.5) is 4.39 Å². The van der Waals surface area contributed by atoms with Crippen molar-refractivity contribution in [1.82, 2.24) is 4.90 Å². The molecule has 1 aromatic rings. The third kappa shape index (κ3) is 4.04. The number of likely N-dealkylation sites (N-methyl/N-ethyl adjacent to an activating group) is 1. The summed E-state index contributed by atoms with van der Waals surface area (Å²) in [6, 6.07) is 6.36. The minimum absolute atomic E-state index is 0.0125. The van der Waals surface area contributed by atoms with Crippen molar-refractivity contribution in [2.45, 2.75) is 38.2 Å². The predicted molar refractivity (Wildman–Crippen MR) is 75.8 cm³/mol. The second kappa shape index (κ2) is 6.35. The van der Waals surface area contributed by atoms with Crippen molar-refractivity contribution in [3.63, 3.8) is 0 Å². The van der Waals surface area contributed by atoms with Gasteiger partial charge in [0.05, 0.1) is 6.10 Å². The van der Waals surface area contributed by atoms with Crippen LogP contribution in [-0.4, -0.2) is 35.6 Å². The summed E-state index contributed by atoms with van der Waals surface area (Å²) in [7, 11) is 1.71. The Hall–Kier alpha value is -1.42. The summed E-state index contributed by atoms with van der Waals surface area (Å²) in [4.78, 5) is 13.7. The fourth-order valence-electron chi connectivity index (χ4n) is 2.36. The fraction of sp³-hybridized carbons (Fsp3) is 0.562. The van der Waals surface area contributed by atoms with Gasteiger partial charge in [0.2, 0.25) is 5.91 Å². The molecule has 0 saturated heterocycles. The molecule has 0 aliphatic heterocycles. The van der Waals surface area contributed by atoms with E-state index in [9.17, 15) is 14.3 Å². The number of benzene rings is 1. The minimum atomic E-state index is -0.409. The monoisotopic (exact) mass is 279 g/mol. The van der Waals surface area contributed by atoms with E-state index in [2.05, 4.69) is 0 Å². The third-order valence-corrected chi connectivity index (χ3v) is 3.95. The van der Waals surface area contributed by atoms with Gasteiger partial charge in [0.25, 0.3) is 0 Å². The highest BCUT2D eigenvalue weighted by molar-refractivity contribution is 5.76. The van der Waals surface area contributed by atoms with Crippen LogP contribution in [0.3, 0.4) is 0 Å². The molecule has 1 aliphatic rings. The Balaban J connectivity index is 1.86. The molecule has 110 valence electrons. The van der Waals surface area contributed by atoms with Gasteiger partial charge in [-0.25, -0.2) is 4.39 Å². The van der Waals surface area contributed by atoms with Crippen molar-refractivity contribution >= 4 is 5.91 Å². The van der Waals surface area contributed by atoms with Crippen molar-refractivity contribution in [2.75, 3.05) is 13.6 Å². The van der Waals surface area contributed by atoms with Gasteiger partial charge in [-0.15, -0.1) is 0 Å². The Kier molecular flexibility index (Phi) is 4.76. The SMILES string of the molecule is CC(CC(=O)N(C)CC(O)C1CC1)c1cccc(F)c1. The van der Waals surface area contributed by atoms with E-state index in [4.69, 9.17) is 0 Å². The van der Waals surface area contributed by atoms with Crippen LogP contribution in [0.2, 0.25) is 0 Å². The van der Waals surface area contributed by atoms with Crippen LogP contribution >= 0.6 is 0 Å². The van der Waals surface area contributed by atoms with Gasteiger partial charge in [-0.05, 0) is 42.4 Å². The summed E-state index contributed by atoms with van der Waals surface area (Å²) in [5, 5.41) is 9.85. The van der Waals surface area contributed by atoms with Gasteiger partial charge in [0.1, 0.15) is 5.82 Å². The second-order valence-electron chi connectivity index (χ2n) is 5.84. The van der Waals surface area contributed by atoms with E-state index in [1.807, 2.05) is 13.0 Å². The molecule has 3 nitrogen and oxygen atoms in total. The number of hydrogen-bond donors (Lipinski definition) is 1. The van der Waals surface area contributed by atoms with Crippen LogP contribution in [0.5, 0.6) is 0 Å².